The lowest BCUT2D eigenvalue weighted by Crippen LogP contribution is -2.18. The highest BCUT2D eigenvalue weighted by atomic mass is 19.1. The Balaban J connectivity index is 1.28. The number of phenols is 1. The number of aromatic amines is 2. The quantitative estimate of drug-likeness (QED) is 0.279. The average Bonchev–Trinajstić information content (AvgIpc) is 3.67. The van der Waals surface area contributed by atoms with Crippen LogP contribution in [0, 0.1) is 5.82 Å². The number of halogens is 1. The fraction of sp³-hybridized carbons (Fsp3) is 0.172. The normalized spacial score (nSPS) is 14.1. The molecule has 8 nitrogen and oxygen atoms in total. The Hall–Kier alpha value is -4.63. The summed E-state index contributed by atoms with van der Waals surface area (Å²) in [6.45, 7) is 3.16. The molecule has 1 saturated heterocycles. The van der Waals surface area contributed by atoms with Crippen LogP contribution < -0.4 is 0 Å². The van der Waals surface area contributed by atoms with Crippen LogP contribution >= 0.6 is 0 Å². The summed E-state index contributed by atoms with van der Waals surface area (Å²) >= 11 is 0. The number of benzene rings is 1. The molecule has 1 fully saturated rings. The highest BCUT2D eigenvalue weighted by Gasteiger charge is 2.17. The minimum absolute atomic E-state index is 0.130. The lowest BCUT2D eigenvalue weighted by molar-refractivity contribution is 0.331. The van der Waals surface area contributed by atoms with Gasteiger partial charge < -0.3 is 10.1 Å². The number of hydrogen-bond acceptors (Lipinski definition) is 6. The van der Waals surface area contributed by atoms with Gasteiger partial charge in [0.15, 0.2) is 0 Å². The standard InChI is InChI=1S/C29H24FN7O/c30-20-10-18(11-21(38)12-20)22-5-6-32-29-23(22)13-26(34-29)28-27-25(35-36-28)4-3-24(33-27)19-9-17(14-31-15-19)16-37-7-1-2-8-37/h3-6,9-15,38H,1-2,7-8,16H2,(H,32,34)(H,35,36). The van der Waals surface area contributed by atoms with E-state index in [2.05, 4.69) is 36.1 Å². The first-order chi connectivity index (χ1) is 18.6. The van der Waals surface area contributed by atoms with Gasteiger partial charge in [0.05, 0.1) is 16.9 Å². The van der Waals surface area contributed by atoms with Crippen LogP contribution in [-0.4, -0.2) is 53.2 Å². The molecule has 188 valence electrons. The number of aromatic hydroxyl groups is 1. The Kier molecular flexibility index (Phi) is 5.36. The second-order valence-corrected chi connectivity index (χ2v) is 9.73. The largest absolute Gasteiger partial charge is 0.508 e. The van der Waals surface area contributed by atoms with Crippen LogP contribution in [0.5, 0.6) is 5.75 Å². The van der Waals surface area contributed by atoms with Gasteiger partial charge in [-0.15, -0.1) is 0 Å². The van der Waals surface area contributed by atoms with Crippen LogP contribution in [0.4, 0.5) is 4.39 Å². The Morgan fingerprint density at radius 3 is 2.74 bits per heavy atom. The van der Waals surface area contributed by atoms with E-state index in [0.29, 0.717) is 16.9 Å². The van der Waals surface area contributed by atoms with Crippen molar-refractivity contribution in [2.75, 3.05) is 13.1 Å². The molecule has 6 heterocycles. The molecule has 38 heavy (non-hydrogen) atoms. The highest BCUT2D eigenvalue weighted by molar-refractivity contribution is 5.99. The van der Waals surface area contributed by atoms with Gasteiger partial charge in [0.2, 0.25) is 0 Å². The smallest absolute Gasteiger partial charge is 0.138 e. The van der Waals surface area contributed by atoms with E-state index in [0.717, 1.165) is 64.6 Å². The third-order valence-electron chi connectivity index (χ3n) is 7.08. The molecule has 0 radical (unpaired) electrons. The first-order valence-electron chi connectivity index (χ1n) is 12.6. The molecule has 5 aromatic heterocycles. The first kappa shape index (κ1) is 22.6. The predicted molar refractivity (Wildman–Crippen MR) is 144 cm³/mol. The zero-order valence-corrected chi connectivity index (χ0v) is 20.4. The topological polar surface area (TPSA) is 107 Å². The van der Waals surface area contributed by atoms with Gasteiger partial charge in [-0.05, 0) is 85.1 Å². The second kappa shape index (κ2) is 9.04. The summed E-state index contributed by atoms with van der Waals surface area (Å²) in [5.74, 6) is -0.635. The number of phenolic OH excluding ortho intramolecular Hbond substituents is 1. The average molecular weight is 506 g/mol. The Morgan fingerprint density at radius 2 is 1.87 bits per heavy atom. The third-order valence-corrected chi connectivity index (χ3v) is 7.08. The van der Waals surface area contributed by atoms with Crippen molar-refractivity contribution in [3.8, 4) is 39.5 Å². The minimum Gasteiger partial charge on any atom is -0.508 e. The molecule has 1 aliphatic heterocycles. The SMILES string of the molecule is Oc1cc(F)cc(-c2ccnc3[nH]c(-c4n[nH]c5ccc(-c6cncc(CN7CCCC7)c6)nc45)cc23)c1. The summed E-state index contributed by atoms with van der Waals surface area (Å²) in [4.78, 5) is 19.7. The molecular weight excluding hydrogens is 481 g/mol. The molecule has 3 N–H and O–H groups in total. The molecule has 1 aromatic carbocycles. The van der Waals surface area contributed by atoms with Crippen molar-refractivity contribution >= 4 is 22.1 Å². The van der Waals surface area contributed by atoms with Crippen LogP contribution in [0.3, 0.4) is 0 Å². The summed E-state index contributed by atoms with van der Waals surface area (Å²) in [5, 5.41) is 18.3. The maximum absolute atomic E-state index is 14.0. The van der Waals surface area contributed by atoms with E-state index in [-0.39, 0.29) is 5.75 Å². The lowest BCUT2D eigenvalue weighted by atomic mass is 10.0. The number of fused-ring (bicyclic) bond motifs is 2. The van der Waals surface area contributed by atoms with Gasteiger partial charge in [-0.25, -0.2) is 14.4 Å². The molecular formula is C29H24FN7O. The van der Waals surface area contributed by atoms with Crippen molar-refractivity contribution in [3.63, 3.8) is 0 Å². The van der Waals surface area contributed by atoms with Crippen molar-refractivity contribution in [3.05, 3.63) is 78.5 Å². The molecule has 6 aromatic rings. The van der Waals surface area contributed by atoms with Crippen LogP contribution in [0.2, 0.25) is 0 Å². The maximum atomic E-state index is 14.0. The van der Waals surface area contributed by atoms with E-state index in [9.17, 15) is 9.50 Å². The molecule has 0 amide bonds. The van der Waals surface area contributed by atoms with Crippen LogP contribution in [-0.2, 0) is 6.54 Å². The number of H-pyrrole nitrogens is 2. The fourth-order valence-corrected chi connectivity index (χ4v) is 5.30. The summed E-state index contributed by atoms with van der Waals surface area (Å²) in [6.07, 6.45) is 7.93. The molecule has 0 unspecified atom stereocenters. The van der Waals surface area contributed by atoms with E-state index < -0.39 is 5.82 Å². The minimum atomic E-state index is -0.505. The van der Waals surface area contributed by atoms with Gasteiger partial charge >= 0.3 is 0 Å². The Bertz CT molecular complexity index is 1780. The molecule has 7 rings (SSSR count). The second-order valence-electron chi connectivity index (χ2n) is 9.73. The number of nitrogens with zero attached hydrogens (tertiary/aromatic N) is 5. The zero-order valence-electron chi connectivity index (χ0n) is 20.4. The summed E-state index contributed by atoms with van der Waals surface area (Å²) in [7, 11) is 0. The van der Waals surface area contributed by atoms with Crippen molar-refractivity contribution in [1.82, 2.24) is 35.0 Å². The molecule has 0 saturated carbocycles. The summed E-state index contributed by atoms with van der Waals surface area (Å²) in [5.41, 5.74) is 7.84. The lowest BCUT2D eigenvalue weighted by Gasteiger charge is -2.14. The fourth-order valence-electron chi connectivity index (χ4n) is 5.30. The van der Waals surface area contributed by atoms with Gasteiger partial charge in [-0.3, -0.25) is 15.0 Å². The van der Waals surface area contributed by atoms with Crippen LogP contribution in [0.25, 0.3) is 55.8 Å². The molecule has 9 heteroatoms. The predicted octanol–water partition coefficient (Wildman–Crippen LogP) is 5.67. The Morgan fingerprint density at radius 1 is 0.974 bits per heavy atom. The Labute approximate surface area is 217 Å². The van der Waals surface area contributed by atoms with E-state index in [4.69, 9.17) is 4.98 Å². The number of likely N-dealkylation sites (tertiary alicyclic amines) is 1. The number of nitrogens with one attached hydrogen (secondary N) is 2. The van der Waals surface area contributed by atoms with E-state index in [1.807, 2.05) is 30.6 Å². The van der Waals surface area contributed by atoms with E-state index in [1.165, 1.54) is 30.5 Å². The van der Waals surface area contributed by atoms with E-state index in [1.54, 1.807) is 12.3 Å². The molecule has 0 spiro atoms. The van der Waals surface area contributed by atoms with Crippen LogP contribution in [0.15, 0.2) is 67.1 Å². The van der Waals surface area contributed by atoms with E-state index >= 15 is 0 Å². The number of aromatic nitrogens is 6. The number of pyridine rings is 3. The van der Waals surface area contributed by atoms with Crippen molar-refractivity contribution in [2.45, 2.75) is 19.4 Å². The van der Waals surface area contributed by atoms with Gasteiger partial charge in [0, 0.05) is 42.2 Å². The molecule has 1 aliphatic rings. The summed E-state index contributed by atoms with van der Waals surface area (Å²) in [6, 6.07) is 13.9. The van der Waals surface area contributed by atoms with Crippen molar-refractivity contribution in [2.24, 2.45) is 0 Å². The monoisotopic (exact) mass is 505 g/mol. The van der Waals surface area contributed by atoms with Crippen molar-refractivity contribution < 1.29 is 9.50 Å². The zero-order chi connectivity index (χ0) is 25.6. The highest BCUT2D eigenvalue weighted by Crippen LogP contribution is 2.34. The molecule has 0 aliphatic carbocycles. The molecule has 0 atom stereocenters. The number of hydrogen-bond donors (Lipinski definition) is 3. The van der Waals surface area contributed by atoms with Gasteiger partial charge in [0.25, 0.3) is 0 Å². The summed E-state index contributed by atoms with van der Waals surface area (Å²) < 4.78 is 14.0. The van der Waals surface area contributed by atoms with Gasteiger partial charge in [-0.2, -0.15) is 5.10 Å². The van der Waals surface area contributed by atoms with Gasteiger partial charge in [-0.1, -0.05) is 0 Å². The molecule has 0 bridgehead atoms. The number of rotatable bonds is 5. The maximum Gasteiger partial charge on any atom is 0.138 e. The van der Waals surface area contributed by atoms with Crippen molar-refractivity contribution in [1.29, 1.82) is 0 Å². The van der Waals surface area contributed by atoms with Crippen LogP contribution in [0.1, 0.15) is 18.4 Å². The first-order valence-corrected chi connectivity index (χ1v) is 12.6. The van der Waals surface area contributed by atoms with Gasteiger partial charge in [0.1, 0.15) is 28.4 Å². The third kappa shape index (κ3) is 4.06.